The van der Waals surface area contributed by atoms with Gasteiger partial charge in [-0.25, -0.2) is 0 Å². The predicted molar refractivity (Wildman–Crippen MR) is 107 cm³/mol. The molecule has 0 aliphatic rings. The van der Waals surface area contributed by atoms with E-state index in [0.717, 1.165) is 22.3 Å². The van der Waals surface area contributed by atoms with Gasteiger partial charge in [-0.15, -0.1) is 23.0 Å². The maximum Gasteiger partial charge on any atom is 0.203 e. The summed E-state index contributed by atoms with van der Waals surface area (Å²) in [5.74, 6) is 0.873. The van der Waals surface area contributed by atoms with Crippen LogP contribution in [0.3, 0.4) is 0 Å². The fourth-order valence-corrected chi connectivity index (χ4v) is 4.16. The highest BCUT2D eigenvalue weighted by Crippen LogP contribution is 2.20. The number of hydrogen-bond acceptors (Lipinski definition) is 3. The van der Waals surface area contributed by atoms with Crippen LogP contribution < -0.4 is 4.90 Å². The van der Waals surface area contributed by atoms with Crippen LogP contribution in [-0.2, 0) is 19.8 Å². The van der Waals surface area contributed by atoms with Crippen molar-refractivity contribution < 1.29 is 4.90 Å². The lowest BCUT2D eigenvalue weighted by molar-refractivity contribution is -0.917. The van der Waals surface area contributed by atoms with Crippen LogP contribution in [0, 0.1) is 4.77 Å². The molecule has 130 valence electrons. The lowest BCUT2D eigenvalue weighted by Gasteiger charge is -2.12. The number of thiophene rings is 1. The molecule has 1 aromatic carbocycles. The fraction of sp³-hybridized carbons (Fsp3) is 0.222. The van der Waals surface area contributed by atoms with Gasteiger partial charge in [0.2, 0.25) is 4.77 Å². The first-order chi connectivity index (χ1) is 12.1. The van der Waals surface area contributed by atoms with Crippen LogP contribution in [0.2, 0.25) is 4.34 Å². The maximum absolute atomic E-state index is 6.02. The second-order valence-corrected chi connectivity index (χ2v) is 8.03. The Morgan fingerprint density at radius 3 is 2.68 bits per heavy atom. The Morgan fingerprint density at radius 2 is 2.04 bits per heavy atom. The zero-order valence-corrected chi connectivity index (χ0v) is 16.4. The predicted octanol–water partition coefficient (Wildman–Crippen LogP) is 3.65. The third-order valence-corrected chi connectivity index (χ3v) is 5.45. The van der Waals surface area contributed by atoms with Gasteiger partial charge in [0.25, 0.3) is 0 Å². The van der Waals surface area contributed by atoms with Gasteiger partial charge in [-0.2, -0.15) is 4.68 Å². The summed E-state index contributed by atoms with van der Waals surface area (Å²) in [5, 5.41) is 4.77. The molecule has 0 fully saturated rings. The number of nitrogens with one attached hydrogen (secondary N) is 1. The second kappa shape index (κ2) is 8.10. The molecule has 0 bridgehead atoms. The molecule has 1 N–H and O–H groups in total. The Hall–Kier alpha value is -1.73. The number of allylic oxidation sites excluding steroid dienone is 1. The van der Waals surface area contributed by atoms with Gasteiger partial charge in [0.05, 0.1) is 16.3 Å². The largest absolute Gasteiger partial charge is 0.314 e. The molecular formula is C18H20ClN4S2+. The summed E-state index contributed by atoms with van der Waals surface area (Å²) in [6, 6.07) is 14.1. The van der Waals surface area contributed by atoms with Crippen molar-refractivity contribution in [2.75, 3.05) is 7.05 Å². The van der Waals surface area contributed by atoms with Crippen LogP contribution in [0.1, 0.15) is 4.88 Å². The smallest absolute Gasteiger partial charge is 0.203 e. The second-order valence-electron chi connectivity index (χ2n) is 5.87. The number of quaternary nitrogens is 1. The molecular weight excluding hydrogens is 372 g/mol. The Morgan fingerprint density at radius 1 is 1.28 bits per heavy atom. The molecule has 25 heavy (non-hydrogen) atoms. The molecule has 0 spiro atoms. The van der Waals surface area contributed by atoms with Crippen molar-refractivity contribution >= 4 is 35.2 Å². The van der Waals surface area contributed by atoms with E-state index in [0.29, 0.717) is 18.0 Å². The van der Waals surface area contributed by atoms with E-state index in [-0.39, 0.29) is 0 Å². The van der Waals surface area contributed by atoms with E-state index in [2.05, 4.69) is 19.7 Å². The first-order valence-electron chi connectivity index (χ1n) is 7.98. The number of aromatic nitrogens is 3. The summed E-state index contributed by atoms with van der Waals surface area (Å²) in [6.07, 6.45) is 1.85. The first kappa shape index (κ1) is 18.1. The number of halogens is 1. The number of nitrogens with zero attached hydrogens (tertiary/aromatic N) is 3. The zero-order chi connectivity index (χ0) is 17.8. The highest BCUT2D eigenvalue weighted by Gasteiger charge is 2.15. The normalized spacial score (nSPS) is 12.2. The lowest BCUT2D eigenvalue weighted by atomic mass is 10.2. The van der Waals surface area contributed by atoms with Crippen LogP contribution in [0.15, 0.2) is 55.1 Å². The summed E-state index contributed by atoms with van der Waals surface area (Å²) in [6.45, 7) is 6.06. The minimum atomic E-state index is 0.642. The molecule has 1 atom stereocenters. The van der Waals surface area contributed by atoms with E-state index in [4.69, 9.17) is 28.9 Å². The van der Waals surface area contributed by atoms with E-state index in [9.17, 15) is 0 Å². The SMILES string of the molecule is C=CCn1c(-c2ccccc2)nn(C[NH+](C)Cc2ccc(Cl)s2)c1=S. The maximum atomic E-state index is 6.02. The fourth-order valence-electron chi connectivity index (χ4n) is 2.69. The van der Waals surface area contributed by atoms with E-state index in [1.165, 1.54) is 9.78 Å². The summed E-state index contributed by atoms with van der Waals surface area (Å²) in [4.78, 5) is 2.54. The molecule has 3 rings (SSSR count). The summed E-state index contributed by atoms with van der Waals surface area (Å²) >= 11 is 13.3. The van der Waals surface area contributed by atoms with Crippen molar-refractivity contribution in [3.8, 4) is 11.4 Å². The monoisotopic (exact) mass is 391 g/mol. The average molecular weight is 392 g/mol. The summed E-state index contributed by atoms with van der Waals surface area (Å²) in [7, 11) is 2.13. The van der Waals surface area contributed by atoms with Crippen LogP contribution in [0.5, 0.6) is 0 Å². The molecule has 0 aliphatic heterocycles. The number of rotatable bonds is 7. The minimum Gasteiger partial charge on any atom is -0.314 e. The zero-order valence-electron chi connectivity index (χ0n) is 14.0. The number of hydrogen-bond donors (Lipinski definition) is 1. The molecule has 4 nitrogen and oxygen atoms in total. The van der Waals surface area contributed by atoms with Gasteiger partial charge in [0, 0.05) is 12.1 Å². The average Bonchev–Trinajstić information content (AvgIpc) is 3.14. The first-order valence-corrected chi connectivity index (χ1v) is 9.58. The van der Waals surface area contributed by atoms with Gasteiger partial charge in [-0.05, 0) is 24.4 Å². The van der Waals surface area contributed by atoms with Gasteiger partial charge < -0.3 is 4.90 Å². The van der Waals surface area contributed by atoms with Crippen molar-refractivity contribution in [3.63, 3.8) is 0 Å². The van der Waals surface area contributed by atoms with E-state index >= 15 is 0 Å². The molecule has 0 amide bonds. The topological polar surface area (TPSA) is 27.2 Å². The molecule has 2 aromatic heterocycles. The molecule has 7 heteroatoms. The molecule has 0 radical (unpaired) electrons. The molecule has 0 saturated heterocycles. The van der Waals surface area contributed by atoms with Crippen LogP contribution in [0.4, 0.5) is 0 Å². The molecule has 1 unspecified atom stereocenters. The van der Waals surface area contributed by atoms with Crippen LogP contribution in [-0.4, -0.2) is 21.4 Å². The van der Waals surface area contributed by atoms with Crippen molar-refractivity contribution in [1.29, 1.82) is 0 Å². The lowest BCUT2D eigenvalue weighted by Crippen LogP contribution is -3.06. The van der Waals surface area contributed by atoms with Crippen molar-refractivity contribution in [2.45, 2.75) is 19.8 Å². The van der Waals surface area contributed by atoms with Gasteiger partial charge in [0.15, 0.2) is 12.5 Å². The standard InChI is InChI=1S/C18H19ClN4S2/c1-3-11-22-17(14-7-5-4-6-8-14)20-23(18(22)24)13-21(2)12-15-9-10-16(19)25-15/h3-10H,1,11-13H2,2H3/p+1. The third kappa shape index (κ3) is 4.27. The van der Waals surface area contributed by atoms with Crippen molar-refractivity contribution in [3.05, 3.63) is 69.1 Å². The summed E-state index contributed by atoms with van der Waals surface area (Å²) in [5.41, 5.74) is 1.05. The molecule has 2 heterocycles. The van der Waals surface area contributed by atoms with Gasteiger partial charge in [-0.3, -0.25) is 4.57 Å². The Labute approximate surface area is 161 Å². The van der Waals surface area contributed by atoms with Crippen LogP contribution >= 0.6 is 35.2 Å². The van der Waals surface area contributed by atoms with Crippen LogP contribution in [0.25, 0.3) is 11.4 Å². The Balaban J connectivity index is 1.86. The van der Waals surface area contributed by atoms with Crippen molar-refractivity contribution in [2.24, 2.45) is 0 Å². The third-order valence-electron chi connectivity index (χ3n) is 3.79. The van der Waals surface area contributed by atoms with E-state index in [1.807, 2.05) is 51.7 Å². The van der Waals surface area contributed by atoms with Gasteiger partial charge in [0.1, 0.15) is 6.54 Å². The quantitative estimate of drug-likeness (QED) is 0.491. The molecule has 0 aliphatic carbocycles. The molecule has 0 saturated carbocycles. The minimum absolute atomic E-state index is 0.642. The highest BCUT2D eigenvalue weighted by molar-refractivity contribution is 7.71. The highest BCUT2D eigenvalue weighted by atomic mass is 35.5. The summed E-state index contributed by atoms with van der Waals surface area (Å²) < 4.78 is 5.45. The van der Waals surface area contributed by atoms with Gasteiger partial charge >= 0.3 is 0 Å². The van der Waals surface area contributed by atoms with Crippen molar-refractivity contribution in [1.82, 2.24) is 14.3 Å². The molecule has 3 aromatic rings. The number of benzene rings is 1. The van der Waals surface area contributed by atoms with Gasteiger partial charge in [-0.1, -0.05) is 48.0 Å². The Kier molecular flexibility index (Phi) is 5.86. The van der Waals surface area contributed by atoms with E-state index < -0.39 is 0 Å². The van der Waals surface area contributed by atoms with E-state index in [1.54, 1.807) is 11.3 Å². The Bertz CT molecular complexity index is 911.